The first-order valence-electron chi connectivity index (χ1n) is 5.78. The minimum Gasteiger partial charge on any atom is -0.372 e. The highest BCUT2D eigenvalue weighted by Gasteiger charge is 2.18. The monoisotopic (exact) mass is 285 g/mol. The molecule has 2 nitrogen and oxygen atoms in total. The molecule has 1 aromatic rings. The summed E-state index contributed by atoms with van der Waals surface area (Å²) in [6, 6.07) is 8.09. The molecule has 0 bridgehead atoms. The van der Waals surface area contributed by atoms with Crippen LogP contribution in [0.4, 0.5) is 0 Å². The molecule has 90 valence electrons. The van der Waals surface area contributed by atoms with Crippen LogP contribution in [0.5, 0.6) is 0 Å². The lowest BCUT2D eigenvalue weighted by atomic mass is 10.0. The predicted octanol–water partition coefficient (Wildman–Crippen LogP) is 3.65. The molecule has 0 saturated heterocycles. The van der Waals surface area contributed by atoms with Crippen LogP contribution in [0.2, 0.25) is 0 Å². The minimum absolute atomic E-state index is 0.00411. The molecule has 0 aromatic heterocycles. The molecule has 2 unspecified atom stereocenters. The van der Waals surface area contributed by atoms with E-state index in [0.717, 1.165) is 29.5 Å². The summed E-state index contributed by atoms with van der Waals surface area (Å²) in [4.78, 5) is 0. The Kier molecular flexibility index (Phi) is 6.03. The molecule has 0 saturated carbocycles. The van der Waals surface area contributed by atoms with Crippen LogP contribution in [-0.4, -0.2) is 12.6 Å². The van der Waals surface area contributed by atoms with Crippen LogP contribution in [0, 0.1) is 0 Å². The molecule has 0 spiro atoms. The van der Waals surface area contributed by atoms with Crippen LogP contribution in [0.25, 0.3) is 0 Å². The topological polar surface area (TPSA) is 35.2 Å². The number of benzene rings is 1. The molecular weight excluding hydrogens is 266 g/mol. The van der Waals surface area contributed by atoms with E-state index in [4.69, 9.17) is 10.5 Å². The fourth-order valence-corrected chi connectivity index (χ4v) is 2.10. The van der Waals surface area contributed by atoms with E-state index in [-0.39, 0.29) is 12.1 Å². The standard InChI is InChI=1S/C13H20BrNO/c1-3-4-9-16-13(10(2)15)11-7-5-6-8-12(11)14/h5-8,10,13H,3-4,9,15H2,1-2H3. The largest absolute Gasteiger partial charge is 0.372 e. The minimum atomic E-state index is -0.0258. The zero-order valence-corrected chi connectivity index (χ0v) is 11.5. The lowest BCUT2D eigenvalue weighted by Gasteiger charge is -2.23. The average Bonchev–Trinajstić information content (AvgIpc) is 2.25. The molecule has 3 heteroatoms. The molecule has 0 heterocycles. The van der Waals surface area contributed by atoms with Gasteiger partial charge < -0.3 is 10.5 Å². The van der Waals surface area contributed by atoms with E-state index in [0.29, 0.717) is 0 Å². The number of rotatable bonds is 6. The summed E-state index contributed by atoms with van der Waals surface area (Å²) in [6.07, 6.45) is 2.19. The van der Waals surface area contributed by atoms with E-state index >= 15 is 0 Å². The van der Waals surface area contributed by atoms with Crippen molar-refractivity contribution in [1.29, 1.82) is 0 Å². The fourth-order valence-electron chi connectivity index (χ4n) is 1.59. The predicted molar refractivity (Wildman–Crippen MR) is 71.4 cm³/mol. The van der Waals surface area contributed by atoms with E-state index in [1.807, 2.05) is 25.1 Å². The summed E-state index contributed by atoms with van der Waals surface area (Å²) < 4.78 is 6.92. The number of nitrogens with two attached hydrogens (primary N) is 1. The lowest BCUT2D eigenvalue weighted by Crippen LogP contribution is -2.27. The Morgan fingerprint density at radius 2 is 2.06 bits per heavy atom. The van der Waals surface area contributed by atoms with E-state index in [2.05, 4.69) is 28.9 Å². The Labute approximate surface area is 106 Å². The van der Waals surface area contributed by atoms with Crippen molar-refractivity contribution in [1.82, 2.24) is 0 Å². The van der Waals surface area contributed by atoms with Gasteiger partial charge in [-0.3, -0.25) is 0 Å². The first-order chi connectivity index (χ1) is 7.66. The van der Waals surface area contributed by atoms with E-state index in [9.17, 15) is 0 Å². The van der Waals surface area contributed by atoms with Crippen LogP contribution in [0.1, 0.15) is 38.4 Å². The van der Waals surface area contributed by atoms with Crippen molar-refractivity contribution in [2.24, 2.45) is 5.73 Å². The summed E-state index contributed by atoms with van der Waals surface area (Å²) >= 11 is 3.54. The molecule has 0 fully saturated rings. The van der Waals surface area contributed by atoms with Gasteiger partial charge >= 0.3 is 0 Å². The first-order valence-corrected chi connectivity index (χ1v) is 6.57. The zero-order chi connectivity index (χ0) is 12.0. The van der Waals surface area contributed by atoms with Gasteiger partial charge in [0.1, 0.15) is 0 Å². The van der Waals surface area contributed by atoms with Crippen molar-refractivity contribution >= 4 is 15.9 Å². The third-order valence-corrected chi connectivity index (χ3v) is 3.21. The summed E-state index contributed by atoms with van der Waals surface area (Å²) in [6.45, 7) is 4.91. The van der Waals surface area contributed by atoms with Crippen molar-refractivity contribution in [3.8, 4) is 0 Å². The normalized spacial score (nSPS) is 14.8. The number of ether oxygens (including phenoxy) is 1. The van der Waals surface area contributed by atoms with E-state index in [1.54, 1.807) is 0 Å². The van der Waals surface area contributed by atoms with Gasteiger partial charge in [-0.2, -0.15) is 0 Å². The van der Waals surface area contributed by atoms with Crippen molar-refractivity contribution in [2.75, 3.05) is 6.61 Å². The smallest absolute Gasteiger partial charge is 0.0983 e. The van der Waals surface area contributed by atoms with Gasteiger partial charge in [-0.1, -0.05) is 47.5 Å². The highest BCUT2D eigenvalue weighted by molar-refractivity contribution is 9.10. The van der Waals surface area contributed by atoms with E-state index in [1.165, 1.54) is 0 Å². The van der Waals surface area contributed by atoms with Gasteiger partial charge in [0.25, 0.3) is 0 Å². The number of hydrogen-bond acceptors (Lipinski definition) is 2. The second-order valence-corrected chi connectivity index (χ2v) is 4.88. The lowest BCUT2D eigenvalue weighted by molar-refractivity contribution is 0.0361. The van der Waals surface area contributed by atoms with Crippen LogP contribution in [0.15, 0.2) is 28.7 Å². The maximum atomic E-state index is 5.97. The second-order valence-electron chi connectivity index (χ2n) is 4.03. The second kappa shape index (κ2) is 7.05. The number of hydrogen-bond donors (Lipinski definition) is 1. The molecule has 0 radical (unpaired) electrons. The first kappa shape index (κ1) is 13.7. The quantitative estimate of drug-likeness (QED) is 0.810. The highest BCUT2D eigenvalue weighted by Crippen LogP contribution is 2.27. The van der Waals surface area contributed by atoms with Gasteiger partial charge in [0.05, 0.1) is 6.10 Å². The van der Waals surface area contributed by atoms with Crippen LogP contribution in [0.3, 0.4) is 0 Å². The molecule has 16 heavy (non-hydrogen) atoms. The van der Waals surface area contributed by atoms with Gasteiger partial charge in [-0.05, 0) is 25.0 Å². The summed E-state index contributed by atoms with van der Waals surface area (Å²) in [5.74, 6) is 0. The molecule has 1 rings (SSSR count). The maximum absolute atomic E-state index is 5.97. The Hall–Kier alpha value is -0.380. The SMILES string of the molecule is CCCCOC(c1ccccc1Br)C(C)N. The van der Waals surface area contributed by atoms with Gasteiger partial charge in [0.15, 0.2) is 0 Å². The Bertz CT molecular complexity index is 315. The van der Waals surface area contributed by atoms with Crippen LogP contribution < -0.4 is 5.73 Å². The molecule has 0 aliphatic rings. The fraction of sp³-hybridized carbons (Fsp3) is 0.538. The molecule has 0 amide bonds. The van der Waals surface area contributed by atoms with Crippen LogP contribution >= 0.6 is 15.9 Å². The Morgan fingerprint density at radius 1 is 1.38 bits per heavy atom. The molecule has 1 aromatic carbocycles. The zero-order valence-electron chi connectivity index (χ0n) is 9.95. The Balaban J connectivity index is 2.74. The third-order valence-electron chi connectivity index (χ3n) is 2.48. The molecule has 0 aliphatic carbocycles. The molecule has 0 aliphatic heterocycles. The number of unbranched alkanes of at least 4 members (excludes halogenated alkanes) is 1. The summed E-state index contributed by atoms with van der Waals surface area (Å²) in [5, 5.41) is 0. The van der Waals surface area contributed by atoms with Crippen molar-refractivity contribution in [3.63, 3.8) is 0 Å². The average molecular weight is 286 g/mol. The van der Waals surface area contributed by atoms with Crippen molar-refractivity contribution < 1.29 is 4.74 Å². The van der Waals surface area contributed by atoms with E-state index < -0.39 is 0 Å². The number of halogens is 1. The Morgan fingerprint density at radius 3 is 2.62 bits per heavy atom. The van der Waals surface area contributed by atoms with Crippen LogP contribution in [-0.2, 0) is 4.74 Å². The van der Waals surface area contributed by atoms with Gasteiger partial charge in [-0.25, -0.2) is 0 Å². The van der Waals surface area contributed by atoms with Crippen molar-refractivity contribution in [3.05, 3.63) is 34.3 Å². The van der Waals surface area contributed by atoms with Gasteiger partial charge in [-0.15, -0.1) is 0 Å². The molecule has 2 atom stereocenters. The van der Waals surface area contributed by atoms with Crippen molar-refractivity contribution in [2.45, 2.75) is 38.8 Å². The van der Waals surface area contributed by atoms with Gasteiger partial charge in [0.2, 0.25) is 0 Å². The molecular formula is C13H20BrNO. The maximum Gasteiger partial charge on any atom is 0.0983 e. The molecule has 2 N–H and O–H groups in total. The summed E-state index contributed by atoms with van der Waals surface area (Å²) in [5.41, 5.74) is 7.11. The summed E-state index contributed by atoms with van der Waals surface area (Å²) in [7, 11) is 0. The highest BCUT2D eigenvalue weighted by atomic mass is 79.9. The third kappa shape index (κ3) is 3.89. The van der Waals surface area contributed by atoms with Gasteiger partial charge in [0, 0.05) is 17.1 Å².